The van der Waals surface area contributed by atoms with Gasteiger partial charge in [-0.2, -0.15) is 0 Å². The van der Waals surface area contributed by atoms with Crippen molar-refractivity contribution in [1.82, 2.24) is 14.8 Å². The van der Waals surface area contributed by atoms with Gasteiger partial charge < -0.3 is 14.6 Å². The van der Waals surface area contributed by atoms with E-state index in [0.717, 1.165) is 62.2 Å². The maximum absolute atomic E-state index is 11.5. The number of allylic oxidation sites excluding steroid dienone is 1. The van der Waals surface area contributed by atoms with Crippen molar-refractivity contribution in [3.8, 4) is 5.75 Å². The van der Waals surface area contributed by atoms with Crippen molar-refractivity contribution in [2.45, 2.75) is 19.8 Å². The molecule has 2 aromatic heterocycles. The van der Waals surface area contributed by atoms with E-state index in [1.54, 1.807) is 17.4 Å². The van der Waals surface area contributed by atoms with Crippen LogP contribution in [0.2, 0.25) is 0 Å². The number of piperazine rings is 1. The zero-order chi connectivity index (χ0) is 22.3. The number of nitrogens with zero attached hydrogens (tertiary/aromatic N) is 2. The van der Waals surface area contributed by atoms with Crippen LogP contribution in [-0.2, 0) is 0 Å². The third-order valence-corrected chi connectivity index (χ3v) is 6.89. The average Bonchev–Trinajstić information content (AvgIpc) is 3.28. The zero-order valence-electron chi connectivity index (χ0n) is 18.7. The highest BCUT2D eigenvalue weighted by molar-refractivity contribution is 7.11. The fourth-order valence-corrected chi connectivity index (χ4v) is 5.00. The third kappa shape index (κ3) is 5.31. The molecule has 0 atom stereocenters. The number of aromatic amines is 1. The molecule has 0 bridgehead atoms. The summed E-state index contributed by atoms with van der Waals surface area (Å²) in [7, 11) is 0. The summed E-state index contributed by atoms with van der Waals surface area (Å²) in [6.07, 6.45) is 6.32. The standard InChI is InChI=1S/C26H31N3O2S/c1-3-24(22-11-18-32-25(22)4-2)29-15-13-28(14-16-29)12-5-6-17-31-21-9-7-20-8-10-26(30)27-23(20)19-21/h3-4,7-11,18-19H,2,5-6,12-17H2,1H3,(H,27,30)/b24-3+. The summed E-state index contributed by atoms with van der Waals surface area (Å²) in [5.74, 6) is 0.805. The lowest BCUT2D eigenvalue weighted by Crippen LogP contribution is -2.45. The van der Waals surface area contributed by atoms with E-state index in [0.29, 0.717) is 6.61 Å². The molecule has 1 aliphatic heterocycles. The Kier molecular flexibility index (Phi) is 7.45. The fraction of sp³-hybridized carbons (Fsp3) is 0.346. The number of benzene rings is 1. The Hall–Kier alpha value is -2.83. The Labute approximate surface area is 193 Å². The van der Waals surface area contributed by atoms with Gasteiger partial charge in [0.15, 0.2) is 0 Å². The fourth-order valence-electron chi connectivity index (χ4n) is 4.26. The van der Waals surface area contributed by atoms with E-state index in [2.05, 4.69) is 45.8 Å². The van der Waals surface area contributed by atoms with E-state index >= 15 is 0 Å². The largest absolute Gasteiger partial charge is 0.494 e. The van der Waals surface area contributed by atoms with Crippen molar-refractivity contribution < 1.29 is 4.74 Å². The number of hydrogen-bond acceptors (Lipinski definition) is 5. The normalized spacial score (nSPS) is 15.3. The predicted molar refractivity (Wildman–Crippen MR) is 135 cm³/mol. The molecule has 32 heavy (non-hydrogen) atoms. The summed E-state index contributed by atoms with van der Waals surface area (Å²) >= 11 is 1.75. The predicted octanol–water partition coefficient (Wildman–Crippen LogP) is 5.07. The minimum atomic E-state index is -0.0900. The smallest absolute Gasteiger partial charge is 0.248 e. The Morgan fingerprint density at radius 1 is 1.16 bits per heavy atom. The highest BCUT2D eigenvalue weighted by Crippen LogP contribution is 2.29. The Bertz CT molecular complexity index is 1140. The second-order valence-electron chi connectivity index (χ2n) is 8.03. The van der Waals surface area contributed by atoms with Crippen LogP contribution in [0.25, 0.3) is 22.7 Å². The van der Waals surface area contributed by atoms with Gasteiger partial charge in [0.2, 0.25) is 5.56 Å². The van der Waals surface area contributed by atoms with Gasteiger partial charge in [-0.25, -0.2) is 0 Å². The van der Waals surface area contributed by atoms with Crippen molar-refractivity contribution in [2.75, 3.05) is 39.3 Å². The van der Waals surface area contributed by atoms with Gasteiger partial charge in [-0.3, -0.25) is 9.69 Å². The molecule has 1 saturated heterocycles. The van der Waals surface area contributed by atoms with Gasteiger partial charge >= 0.3 is 0 Å². The number of H-pyrrole nitrogens is 1. The SMILES string of the molecule is C=Cc1sccc1/C(=C\C)N1CCN(CCCCOc2ccc3ccc(=O)[nH]c3c2)CC1. The second kappa shape index (κ2) is 10.7. The molecular formula is C26H31N3O2S. The molecular weight excluding hydrogens is 418 g/mol. The van der Waals surface area contributed by atoms with Crippen molar-refractivity contribution >= 4 is 34.0 Å². The minimum absolute atomic E-state index is 0.0900. The molecule has 0 radical (unpaired) electrons. The van der Waals surface area contributed by atoms with Crippen LogP contribution in [0.4, 0.5) is 0 Å². The molecule has 0 amide bonds. The molecule has 6 heteroatoms. The molecule has 0 unspecified atom stereocenters. The molecule has 1 aromatic carbocycles. The molecule has 168 valence electrons. The van der Waals surface area contributed by atoms with Crippen LogP contribution in [0.5, 0.6) is 5.75 Å². The van der Waals surface area contributed by atoms with Gasteiger partial charge in [-0.15, -0.1) is 11.3 Å². The van der Waals surface area contributed by atoms with E-state index in [4.69, 9.17) is 4.74 Å². The molecule has 3 heterocycles. The first-order chi connectivity index (χ1) is 15.7. The third-order valence-electron chi connectivity index (χ3n) is 5.98. The molecule has 0 spiro atoms. The molecule has 3 aromatic rings. The molecule has 1 N–H and O–H groups in total. The van der Waals surface area contributed by atoms with Crippen LogP contribution in [0, 0.1) is 0 Å². The van der Waals surface area contributed by atoms with E-state index in [1.165, 1.54) is 16.1 Å². The van der Waals surface area contributed by atoms with E-state index in [1.807, 2.05) is 30.3 Å². The van der Waals surface area contributed by atoms with Gasteiger partial charge in [0.25, 0.3) is 0 Å². The van der Waals surface area contributed by atoms with E-state index in [9.17, 15) is 4.79 Å². The number of pyridine rings is 1. The molecule has 1 aliphatic rings. The van der Waals surface area contributed by atoms with E-state index in [-0.39, 0.29) is 5.56 Å². The van der Waals surface area contributed by atoms with Crippen molar-refractivity contribution in [3.63, 3.8) is 0 Å². The van der Waals surface area contributed by atoms with Crippen molar-refractivity contribution in [2.24, 2.45) is 0 Å². The Morgan fingerprint density at radius 2 is 1.97 bits per heavy atom. The number of ether oxygens (including phenoxy) is 1. The lowest BCUT2D eigenvalue weighted by atomic mass is 10.1. The lowest BCUT2D eigenvalue weighted by Gasteiger charge is -2.37. The minimum Gasteiger partial charge on any atom is -0.494 e. The summed E-state index contributed by atoms with van der Waals surface area (Å²) in [6, 6.07) is 11.4. The van der Waals surface area contributed by atoms with Crippen molar-refractivity contribution in [1.29, 1.82) is 0 Å². The Balaban J connectivity index is 1.19. The van der Waals surface area contributed by atoms with Crippen LogP contribution in [0.1, 0.15) is 30.2 Å². The summed E-state index contributed by atoms with van der Waals surface area (Å²) in [5, 5.41) is 3.16. The molecule has 1 fully saturated rings. The first kappa shape index (κ1) is 22.4. The van der Waals surface area contributed by atoms with Gasteiger partial charge in [-0.1, -0.05) is 18.7 Å². The maximum atomic E-state index is 11.5. The number of fused-ring (bicyclic) bond motifs is 1. The number of hydrogen-bond donors (Lipinski definition) is 1. The summed E-state index contributed by atoms with van der Waals surface area (Å²) in [5.41, 5.74) is 3.35. The summed E-state index contributed by atoms with van der Waals surface area (Å²) in [4.78, 5) is 20.6. The van der Waals surface area contributed by atoms with E-state index < -0.39 is 0 Å². The maximum Gasteiger partial charge on any atom is 0.248 e. The molecule has 4 rings (SSSR count). The summed E-state index contributed by atoms with van der Waals surface area (Å²) in [6.45, 7) is 12.1. The van der Waals surface area contributed by atoms with Gasteiger partial charge in [0.05, 0.1) is 12.1 Å². The molecule has 0 saturated carbocycles. The molecule has 0 aliphatic carbocycles. The zero-order valence-corrected chi connectivity index (χ0v) is 19.5. The van der Waals surface area contributed by atoms with Crippen molar-refractivity contribution in [3.05, 3.63) is 75.2 Å². The topological polar surface area (TPSA) is 48.6 Å². The van der Waals surface area contributed by atoms with Gasteiger partial charge in [-0.05, 0) is 61.3 Å². The highest BCUT2D eigenvalue weighted by atomic mass is 32.1. The quantitative estimate of drug-likeness (QED) is 0.464. The van der Waals surface area contributed by atoms with Crippen LogP contribution in [0.3, 0.4) is 0 Å². The number of thiophene rings is 1. The first-order valence-electron chi connectivity index (χ1n) is 11.3. The monoisotopic (exact) mass is 449 g/mol. The van der Waals surface area contributed by atoms with Crippen LogP contribution >= 0.6 is 11.3 Å². The number of unbranched alkanes of at least 4 members (excludes halogenated alkanes) is 1. The van der Waals surface area contributed by atoms with Crippen LogP contribution in [0.15, 0.2) is 59.2 Å². The number of nitrogens with one attached hydrogen (secondary N) is 1. The highest BCUT2D eigenvalue weighted by Gasteiger charge is 2.20. The van der Waals surface area contributed by atoms with Gasteiger partial charge in [0, 0.05) is 54.4 Å². The second-order valence-corrected chi connectivity index (χ2v) is 8.98. The van der Waals surface area contributed by atoms with Crippen LogP contribution in [-0.4, -0.2) is 54.1 Å². The number of aromatic nitrogens is 1. The first-order valence-corrected chi connectivity index (χ1v) is 12.2. The lowest BCUT2D eigenvalue weighted by molar-refractivity contribution is 0.169. The van der Waals surface area contributed by atoms with Crippen LogP contribution < -0.4 is 10.3 Å². The number of rotatable bonds is 9. The molecule has 5 nitrogen and oxygen atoms in total. The Morgan fingerprint density at radius 3 is 2.75 bits per heavy atom. The summed E-state index contributed by atoms with van der Waals surface area (Å²) < 4.78 is 5.91. The van der Waals surface area contributed by atoms with Gasteiger partial charge in [0.1, 0.15) is 5.75 Å². The average molecular weight is 450 g/mol.